The predicted octanol–water partition coefficient (Wildman–Crippen LogP) is 0.492. The molecule has 0 spiro atoms. The second-order valence-electron chi connectivity index (χ2n) is 7.05. The van der Waals surface area contributed by atoms with Crippen molar-refractivity contribution in [1.82, 2.24) is 15.5 Å². The molecule has 2 amide bonds. The summed E-state index contributed by atoms with van der Waals surface area (Å²) in [6, 6.07) is 1.58. The first kappa shape index (κ1) is 22.3. The number of hydrogen-bond donors (Lipinski definition) is 2. The van der Waals surface area contributed by atoms with E-state index in [0.717, 1.165) is 0 Å². The summed E-state index contributed by atoms with van der Waals surface area (Å²) in [5, 5.41) is 5.04. The standard InChI is InChI=1S/C20H20N4O8S/c1-2-30-19(26)15-13(21-20(27)22-16(15)14-6-4-9-31-14)11-32-18(25)12-5-3-7-24-8-10-33(28,29)23-17(12)24/h3-7,9,16H,2,8,10-11H2,1H3,(H2,21,22,27)/t16-/m0/s1. The maximum Gasteiger partial charge on any atom is 0.342 e. The molecule has 0 saturated carbocycles. The maximum atomic E-state index is 12.8. The minimum absolute atomic E-state index is 0.00830. The van der Waals surface area contributed by atoms with Crippen LogP contribution in [0.3, 0.4) is 0 Å². The molecule has 1 atom stereocenters. The Hall–Kier alpha value is -3.87. The lowest BCUT2D eigenvalue weighted by Gasteiger charge is -2.29. The van der Waals surface area contributed by atoms with Crippen LogP contribution >= 0.6 is 0 Å². The van der Waals surface area contributed by atoms with Gasteiger partial charge in [0.25, 0.3) is 10.0 Å². The summed E-state index contributed by atoms with van der Waals surface area (Å²) >= 11 is 0. The molecule has 2 N–H and O–H groups in total. The van der Waals surface area contributed by atoms with E-state index in [1.54, 1.807) is 31.3 Å². The molecule has 1 aromatic rings. The predicted molar refractivity (Wildman–Crippen MR) is 113 cm³/mol. The highest BCUT2D eigenvalue weighted by atomic mass is 32.2. The fraction of sp³-hybridized carbons (Fsp3) is 0.300. The molecular weight excluding hydrogens is 456 g/mol. The SMILES string of the molecule is CCOC(=O)C1=C(COC(=O)C2=CC=CN3CCS(=O)(=O)N=C23)NC(=O)N[C@H]1c1ccco1. The molecule has 174 valence electrons. The highest BCUT2D eigenvalue weighted by Gasteiger charge is 2.36. The van der Waals surface area contributed by atoms with Crippen LogP contribution in [0.2, 0.25) is 0 Å². The van der Waals surface area contributed by atoms with Crippen molar-refractivity contribution in [3.8, 4) is 0 Å². The highest BCUT2D eigenvalue weighted by Crippen LogP contribution is 2.28. The van der Waals surface area contributed by atoms with Crippen molar-refractivity contribution in [3.63, 3.8) is 0 Å². The summed E-state index contributed by atoms with van der Waals surface area (Å²) in [6.45, 7) is 1.37. The average Bonchev–Trinajstić information content (AvgIpc) is 3.31. The van der Waals surface area contributed by atoms with Crippen molar-refractivity contribution in [2.24, 2.45) is 4.40 Å². The van der Waals surface area contributed by atoms with Gasteiger partial charge in [0.1, 0.15) is 24.0 Å². The van der Waals surface area contributed by atoms with Crippen molar-refractivity contribution in [2.45, 2.75) is 13.0 Å². The topological polar surface area (TPSA) is 157 Å². The number of fused-ring (bicyclic) bond motifs is 1. The van der Waals surface area contributed by atoms with Crippen LogP contribution in [0.25, 0.3) is 0 Å². The molecule has 0 radical (unpaired) electrons. The number of esters is 2. The Morgan fingerprint density at radius 2 is 2.12 bits per heavy atom. The molecule has 13 heteroatoms. The van der Waals surface area contributed by atoms with Crippen LogP contribution in [0.5, 0.6) is 0 Å². The molecule has 33 heavy (non-hydrogen) atoms. The summed E-state index contributed by atoms with van der Waals surface area (Å²) in [5.74, 6) is -1.54. The number of carbonyl (C=O) groups is 3. The van der Waals surface area contributed by atoms with Gasteiger partial charge >= 0.3 is 18.0 Å². The molecule has 0 unspecified atom stereocenters. The van der Waals surface area contributed by atoms with Crippen molar-refractivity contribution in [2.75, 3.05) is 25.5 Å². The number of ether oxygens (including phenoxy) is 2. The lowest BCUT2D eigenvalue weighted by atomic mass is 10.0. The monoisotopic (exact) mass is 476 g/mol. The van der Waals surface area contributed by atoms with Crippen LogP contribution in [0.4, 0.5) is 4.79 Å². The quantitative estimate of drug-likeness (QED) is 0.558. The van der Waals surface area contributed by atoms with Gasteiger partial charge < -0.3 is 29.4 Å². The Balaban J connectivity index is 1.61. The zero-order chi connectivity index (χ0) is 23.6. The normalized spacial score (nSPS) is 21.3. The molecular formula is C20H20N4O8S. The van der Waals surface area contributed by atoms with Crippen LogP contribution in [0.1, 0.15) is 18.7 Å². The number of nitrogens with one attached hydrogen (secondary N) is 2. The van der Waals surface area contributed by atoms with Gasteiger partial charge in [-0.1, -0.05) is 0 Å². The van der Waals surface area contributed by atoms with Gasteiger partial charge in [-0.15, -0.1) is 4.40 Å². The van der Waals surface area contributed by atoms with Gasteiger partial charge in [-0.3, -0.25) is 0 Å². The van der Waals surface area contributed by atoms with Gasteiger partial charge in [0.05, 0.1) is 29.9 Å². The summed E-state index contributed by atoms with van der Waals surface area (Å²) in [5.41, 5.74) is -0.0493. The molecule has 0 aromatic carbocycles. The zero-order valence-electron chi connectivity index (χ0n) is 17.4. The molecule has 0 fully saturated rings. The Morgan fingerprint density at radius 1 is 1.30 bits per heavy atom. The van der Waals surface area contributed by atoms with E-state index in [2.05, 4.69) is 15.0 Å². The van der Waals surface area contributed by atoms with Gasteiger partial charge in [-0.2, -0.15) is 0 Å². The fourth-order valence-electron chi connectivity index (χ4n) is 3.44. The Morgan fingerprint density at radius 3 is 2.85 bits per heavy atom. The Kier molecular flexibility index (Phi) is 6.05. The van der Waals surface area contributed by atoms with Crippen LogP contribution in [0, 0.1) is 0 Å². The zero-order valence-corrected chi connectivity index (χ0v) is 18.3. The first-order valence-corrected chi connectivity index (χ1v) is 11.6. The van der Waals surface area contributed by atoms with Crippen LogP contribution in [-0.4, -0.2) is 62.6 Å². The number of sulfonamides is 1. The van der Waals surface area contributed by atoms with E-state index >= 15 is 0 Å². The molecule has 4 rings (SSSR count). The largest absolute Gasteiger partial charge is 0.467 e. The van der Waals surface area contributed by atoms with E-state index in [1.807, 2.05) is 0 Å². The van der Waals surface area contributed by atoms with Crippen LogP contribution in [-0.2, 0) is 29.1 Å². The number of amides is 2. The summed E-state index contributed by atoms with van der Waals surface area (Å²) in [7, 11) is -3.70. The molecule has 1 aromatic heterocycles. The van der Waals surface area contributed by atoms with Crippen LogP contribution in [0.15, 0.2) is 62.4 Å². The number of urea groups is 1. The van der Waals surface area contributed by atoms with E-state index in [9.17, 15) is 22.8 Å². The molecule has 0 aliphatic carbocycles. The lowest BCUT2D eigenvalue weighted by molar-refractivity contribution is -0.140. The molecule has 3 aliphatic rings. The Bertz CT molecular complexity index is 1210. The van der Waals surface area contributed by atoms with Crippen molar-refractivity contribution < 1.29 is 36.7 Å². The minimum Gasteiger partial charge on any atom is -0.467 e. The molecule has 3 aliphatic heterocycles. The number of rotatable bonds is 6. The van der Waals surface area contributed by atoms with Gasteiger partial charge in [0.2, 0.25) is 0 Å². The van der Waals surface area contributed by atoms with E-state index in [0.29, 0.717) is 0 Å². The number of nitrogens with zero attached hydrogens (tertiary/aromatic N) is 2. The van der Waals surface area contributed by atoms with E-state index in [1.165, 1.54) is 17.2 Å². The summed E-state index contributed by atoms with van der Waals surface area (Å²) < 4.78 is 43.3. The Labute approximate surface area is 188 Å². The second kappa shape index (κ2) is 8.94. The highest BCUT2D eigenvalue weighted by molar-refractivity contribution is 7.90. The lowest BCUT2D eigenvalue weighted by Crippen LogP contribution is -2.47. The molecule has 0 bridgehead atoms. The minimum atomic E-state index is -3.70. The molecule has 12 nitrogen and oxygen atoms in total. The van der Waals surface area contributed by atoms with Crippen molar-refractivity contribution >= 4 is 33.8 Å². The number of carbonyl (C=O) groups excluding carboxylic acids is 3. The molecule has 4 heterocycles. The maximum absolute atomic E-state index is 12.8. The number of amidine groups is 1. The van der Waals surface area contributed by atoms with Gasteiger partial charge in [0.15, 0.2) is 5.84 Å². The third-order valence-corrected chi connectivity index (χ3v) is 6.05. The van der Waals surface area contributed by atoms with Crippen molar-refractivity contribution in [3.05, 3.63) is 59.4 Å². The number of furan rings is 1. The fourth-order valence-corrected chi connectivity index (χ4v) is 4.43. The van der Waals surface area contributed by atoms with Crippen molar-refractivity contribution in [1.29, 1.82) is 0 Å². The smallest absolute Gasteiger partial charge is 0.342 e. The summed E-state index contributed by atoms with van der Waals surface area (Å²) in [6.07, 6.45) is 5.94. The average molecular weight is 476 g/mol. The second-order valence-corrected chi connectivity index (χ2v) is 8.81. The van der Waals surface area contributed by atoms with E-state index in [-0.39, 0.29) is 47.3 Å². The van der Waals surface area contributed by atoms with Gasteiger partial charge in [0, 0.05) is 12.7 Å². The molecule has 0 saturated heterocycles. The number of allylic oxidation sites excluding steroid dienone is 2. The van der Waals surface area contributed by atoms with E-state index in [4.69, 9.17) is 13.9 Å². The third kappa shape index (κ3) is 4.67. The first-order valence-electron chi connectivity index (χ1n) is 9.95. The van der Waals surface area contributed by atoms with Gasteiger partial charge in [-0.25, -0.2) is 22.8 Å². The number of hydrogen-bond acceptors (Lipinski definition) is 9. The first-order chi connectivity index (χ1) is 15.8. The summed E-state index contributed by atoms with van der Waals surface area (Å²) in [4.78, 5) is 39.2. The van der Waals surface area contributed by atoms with Gasteiger partial charge in [-0.05, 0) is 31.2 Å². The van der Waals surface area contributed by atoms with Crippen LogP contribution < -0.4 is 10.6 Å². The van der Waals surface area contributed by atoms with E-state index < -0.39 is 40.6 Å². The third-order valence-electron chi connectivity index (χ3n) is 4.90.